The summed E-state index contributed by atoms with van der Waals surface area (Å²) in [5.74, 6) is -0.693. The summed E-state index contributed by atoms with van der Waals surface area (Å²) in [4.78, 5) is 29.9. The van der Waals surface area contributed by atoms with Crippen molar-refractivity contribution in [3.8, 4) is 0 Å². The van der Waals surface area contributed by atoms with Crippen LogP contribution in [0.3, 0.4) is 0 Å². The molecule has 0 saturated carbocycles. The lowest BCUT2D eigenvalue weighted by molar-refractivity contribution is -0.119. The normalized spacial score (nSPS) is 16.7. The molecule has 25 heavy (non-hydrogen) atoms. The molecule has 1 fully saturated rings. The van der Waals surface area contributed by atoms with Crippen LogP contribution >= 0.6 is 0 Å². The molecule has 1 unspecified atom stereocenters. The van der Waals surface area contributed by atoms with Crippen molar-refractivity contribution in [2.75, 3.05) is 6.54 Å². The minimum absolute atomic E-state index is 0.0603. The van der Waals surface area contributed by atoms with E-state index in [0.29, 0.717) is 18.7 Å². The first kappa shape index (κ1) is 17.1. The van der Waals surface area contributed by atoms with Crippen molar-refractivity contribution in [1.29, 1.82) is 0 Å². The first-order valence-corrected chi connectivity index (χ1v) is 8.30. The predicted molar refractivity (Wildman–Crippen MR) is 91.2 cm³/mol. The Morgan fingerprint density at radius 3 is 2.92 bits per heavy atom. The number of hydrogen-bond acceptors (Lipinski definition) is 3. The molecule has 1 aliphatic rings. The SMILES string of the molecule is CC(=O)NCc1cc(C2CCCN2C(=O)c2cccc(F)c2)ccn1. The van der Waals surface area contributed by atoms with E-state index in [0.717, 1.165) is 24.1 Å². The second-order valence-corrected chi connectivity index (χ2v) is 6.16. The number of hydrogen-bond donors (Lipinski definition) is 1. The predicted octanol–water partition coefficient (Wildman–Crippen LogP) is 2.83. The zero-order chi connectivity index (χ0) is 17.8. The van der Waals surface area contributed by atoms with Crippen LogP contribution in [-0.4, -0.2) is 28.2 Å². The monoisotopic (exact) mass is 341 g/mol. The van der Waals surface area contributed by atoms with Crippen LogP contribution < -0.4 is 5.32 Å². The highest BCUT2D eigenvalue weighted by molar-refractivity contribution is 5.94. The summed E-state index contributed by atoms with van der Waals surface area (Å²) < 4.78 is 13.4. The first-order chi connectivity index (χ1) is 12.0. The van der Waals surface area contributed by atoms with Gasteiger partial charge in [-0.25, -0.2) is 4.39 Å². The number of carbonyl (C=O) groups excluding carboxylic acids is 2. The molecule has 5 nitrogen and oxygen atoms in total. The fraction of sp³-hybridized carbons (Fsp3) is 0.316. The Balaban J connectivity index is 1.80. The molecule has 6 heteroatoms. The minimum atomic E-state index is -0.414. The molecule has 130 valence electrons. The van der Waals surface area contributed by atoms with Gasteiger partial charge in [0.25, 0.3) is 5.91 Å². The molecule has 1 atom stereocenters. The number of nitrogens with zero attached hydrogens (tertiary/aromatic N) is 2. The van der Waals surface area contributed by atoms with Gasteiger partial charge in [0.05, 0.1) is 18.3 Å². The van der Waals surface area contributed by atoms with Gasteiger partial charge in [0.15, 0.2) is 0 Å². The van der Waals surface area contributed by atoms with E-state index < -0.39 is 5.82 Å². The van der Waals surface area contributed by atoms with Crippen LogP contribution in [0.4, 0.5) is 4.39 Å². The lowest BCUT2D eigenvalue weighted by Crippen LogP contribution is -2.30. The molecular weight excluding hydrogens is 321 g/mol. The van der Waals surface area contributed by atoms with Crippen molar-refractivity contribution >= 4 is 11.8 Å². The first-order valence-electron chi connectivity index (χ1n) is 8.30. The maximum absolute atomic E-state index is 13.4. The number of carbonyl (C=O) groups is 2. The van der Waals surface area contributed by atoms with Crippen LogP contribution in [0.2, 0.25) is 0 Å². The van der Waals surface area contributed by atoms with E-state index in [1.165, 1.54) is 19.1 Å². The van der Waals surface area contributed by atoms with Crippen LogP contribution in [0.1, 0.15) is 47.4 Å². The molecule has 2 amide bonds. The quantitative estimate of drug-likeness (QED) is 0.930. The highest BCUT2D eigenvalue weighted by atomic mass is 19.1. The second kappa shape index (κ2) is 7.42. The third-order valence-corrected chi connectivity index (χ3v) is 4.33. The highest BCUT2D eigenvalue weighted by Gasteiger charge is 2.30. The summed E-state index contributed by atoms with van der Waals surface area (Å²) in [6.07, 6.45) is 3.44. The maximum Gasteiger partial charge on any atom is 0.254 e. The van der Waals surface area contributed by atoms with Gasteiger partial charge < -0.3 is 10.2 Å². The number of amides is 2. The summed E-state index contributed by atoms with van der Waals surface area (Å²) in [7, 11) is 0. The van der Waals surface area contributed by atoms with E-state index in [1.54, 1.807) is 23.2 Å². The maximum atomic E-state index is 13.4. The molecule has 0 spiro atoms. The zero-order valence-corrected chi connectivity index (χ0v) is 14.0. The van der Waals surface area contributed by atoms with E-state index in [9.17, 15) is 14.0 Å². The number of likely N-dealkylation sites (tertiary alicyclic amines) is 1. The van der Waals surface area contributed by atoms with Crippen LogP contribution in [0.15, 0.2) is 42.6 Å². The average Bonchev–Trinajstić information content (AvgIpc) is 3.09. The molecule has 2 heterocycles. The third kappa shape index (κ3) is 4.02. The number of pyridine rings is 1. The topological polar surface area (TPSA) is 62.3 Å². The molecule has 1 N–H and O–H groups in total. The van der Waals surface area contributed by atoms with Gasteiger partial charge in [0.1, 0.15) is 5.82 Å². The van der Waals surface area contributed by atoms with E-state index in [-0.39, 0.29) is 17.9 Å². The van der Waals surface area contributed by atoms with Crippen molar-refractivity contribution in [2.24, 2.45) is 0 Å². The van der Waals surface area contributed by atoms with Crippen molar-refractivity contribution in [1.82, 2.24) is 15.2 Å². The Labute approximate surface area is 145 Å². The second-order valence-electron chi connectivity index (χ2n) is 6.16. The molecule has 0 bridgehead atoms. The fourth-order valence-electron chi connectivity index (χ4n) is 3.16. The van der Waals surface area contributed by atoms with Crippen LogP contribution in [0.5, 0.6) is 0 Å². The minimum Gasteiger partial charge on any atom is -0.351 e. The number of rotatable bonds is 4. The molecule has 0 radical (unpaired) electrons. The Morgan fingerprint density at radius 1 is 1.32 bits per heavy atom. The molecule has 1 aromatic carbocycles. The summed E-state index contributed by atoms with van der Waals surface area (Å²) in [6, 6.07) is 9.52. The smallest absolute Gasteiger partial charge is 0.254 e. The lowest BCUT2D eigenvalue weighted by Gasteiger charge is -2.25. The van der Waals surface area contributed by atoms with Gasteiger partial charge in [-0.3, -0.25) is 14.6 Å². The highest BCUT2D eigenvalue weighted by Crippen LogP contribution is 2.33. The fourth-order valence-corrected chi connectivity index (χ4v) is 3.16. The van der Waals surface area contributed by atoms with Gasteiger partial charge in [-0.1, -0.05) is 6.07 Å². The van der Waals surface area contributed by atoms with Crippen molar-refractivity contribution in [3.05, 3.63) is 65.2 Å². The van der Waals surface area contributed by atoms with E-state index >= 15 is 0 Å². The van der Waals surface area contributed by atoms with E-state index in [2.05, 4.69) is 10.3 Å². The Hall–Kier alpha value is -2.76. The van der Waals surface area contributed by atoms with Gasteiger partial charge in [-0.15, -0.1) is 0 Å². The van der Waals surface area contributed by atoms with Gasteiger partial charge >= 0.3 is 0 Å². The molecule has 1 aromatic heterocycles. The van der Waals surface area contributed by atoms with Gasteiger partial charge in [-0.05, 0) is 48.7 Å². The lowest BCUT2D eigenvalue weighted by atomic mass is 10.0. The van der Waals surface area contributed by atoms with Gasteiger partial charge in [0.2, 0.25) is 5.91 Å². The Morgan fingerprint density at radius 2 is 2.16 bits per heavy atom. The average molecular weight is 341 g/mol. The summed E-state index contributed by atoms with van der Waals surface area (Å²) in [5.41, 5.74) is 2.09. The molecule has 0 aliphatic carbocycles. The van der Waals surface area contributed by atoms with Crippen LogP contribution in [0.25, 0.3) is 0 Å². The van der Waals surface area contributed by atoms with Crippen molar-refractivity contribution in [3.63, 3.8) is 0 Å². The Kier molecular flexibility index (Phi) is 5.07. The number of benzene rings is 1. The van der Waals surface area contributed by atoms with Crippen LogP contribution in [0, 0.1) is 5.82 Å². The molecule has 3 rings (SSSR count). The number of halogens is 1. The Bertz CT molecular complexity index is 794. The molecular formula is C19H20FN3O2. The third-order valence-electron chi connectivity index (χ3n) is 4.33. The molecule has 1 aliphatic heterocycles. The number of aromatic nitrogens is 1. The number of nitrogens with one attached hydrogen (secondary N) is 1. The molecule has 2 aromatic rings. The zero-order valence-electron chi connectivity index (χ0n) is 14.0. The van der Waals surface area contributed by atoms with Crippen molar-refractivity contribution < 1.29 is 14.0 Å². The molecule has 1 saturated heterocycles. The standard InChI is InChI=1S/C19H20FN3O2/c1-13(24)22-12-17-11-14(7-8-21-17)18-6-3-9-23(18)19(25)15-4-2-5-16(20)10-15/h2,4-5,7-8,10-11,18H,3,6,9,12H2,1H3,(H,22,24). The summed E-state index contributed by atoms with van der Waals surface area (Å²) in [5, 5.41) is 2.72. The summed E-state index contributed by atoms with van der Waals surface area (Å²) >= 11 is 0. The van der Waals surface area contributed by atoms with E-state index in [4.69, 9.17) is 0 Å². The van der Waals surface area contributed by atoms with Gasteiger partial charge in [0, 0.05) is 25.2 Å². The summed E-state index contributed by atoms with van der Waals surface area (Å²) in [6.45, 7) is 2.46. The van der Waals surface area contributed by atoms with Crippen molar-refractivity contribution in [2.45, 2.75) is 32.4 Å². The van der Waals surface area contributed by atoms with Crippen LogP contribution in [-0.2, 0) is 11.3 Å². The van der Waals surface area contributed by atoms with Gasteiger partial charge in [-0.2, -0.15) is 0 Å². The largest absolute Gasteiger partial charge is 0.351 e. The van der Waals surface area contributed by atoms with E-state index in [1.807, 2.05) is 12.1 Å².